The average molecular weight is 383 g/mol. The Labute approximate surface area is 153 Å². The average Bonchev–Trinajstić information content (AvgIpc) is 2.62. The van der Waals surface area contributed by atoms with Crippen molar-refractivity contribution in [3.63, 3.8) is 0 Å². The minimum absolute atomic E-state index is 0.106. The molecule has 0 radical (unpaired) electrons. The molecule has 4 N–H and O–H groups in total. The number of alkyl halides is 3. The van der Waals surface area contributed by atoms with Crippen LogP contribution in [0.3, 0.4) is 0 Å². The lowest BCUT2D eigenvalue weighted by molar-refractivity contribution is -0.141. The van der Waals surface area contributed by atoms with Gasteiger partial charge in [-0.3, -0.25) is 9.59 Å². The molecule has 1 aromatic heterocycles. The number of halogens is 3. The first-order valence-electron chi connectivity index (χ1n) is 8.20. The van der Waals surface area contributed by atoms with Crippen LogP contribution in [0.1, 0.15) is 15.9 Å². The molecule has 146 valence electrons. The molecule has 0 fully saturated rings. The highest BCUT2D eigenvalue weighted by Crippen LogP contribution is 2.16. The highest BCUT2D eigenvalue weighted by molar-refractivity contribution is 5.94. The van der Waals surface area contributed by atoms with Crippen LogP contribution in [-0.4, -0.2) is 40.4 Å². The van der Waals surface area contributed by atoms with Gasteiger partial charge in [0.15, 0.2) is 0 Å². The molecule has 2 aromatic rings. The van der Waals surface area contributed by atoms with Crippen LogP contribution in [0.25, 0.3) is 0 Å². The van der Waals surface area contributed by atoms with Gasteiger partial charge in [-0.2, -0.15) is 13.2 Å². The van der Waals surface area contributed by atoms with Crippen molar-refractivity contribution in [3.8, 4) is 0 Å². The van der Waals surface area contributed by atoms with E-state index in [4.69, 9.17) is 5.73 Å². The van der Waals surface area contributed by atoms with Crippen molar-refractivity contribution in [2.75, 3.05) is 6.54 Å². The van der Waals surface area contributed by atoms with E-state index in [0.29, 0.717) is 4.57 Å². The number of carbonyl (C=O) groups excluding carboxylic acids is 1. The molecular weight excluding hydrogens is 363 g/mol. The molecule has 0 saturated carbocycles. The van der Waals surface area contributed by atoms with Gasteiger partial charge in [0.2, 0.25) is 0 Å². The number of aromatic nitrogens is 1. The van der Waals surface area contributed by atoms with Crippen LogP contribution >= 0.6 is 0 Å². The molecule has 1 amide bonds. The van der Waals surface area contributed by atoms with Crippen LogP contribution in [0.15, 0.2) is 53.5 Å². The van der Waals surface area contributed by atoms with Crippen LogP contribution in [0.2, 0.25) is 0 Å². The lowest BCUT2D eigenvalue weighted by Crippen LogP contribution is -2.48. The smallest absolute Gasteiger partial charge is 0.390 e. The molecule has 0 bridgehead atoms. The van der Waals surface area contributed by atoms with Crippen molar-refractivity contribution < 1.29 is 23.1 Å². The molecule has 0 aliphatic heterocycles. The van der Waals surface area contributed by atoms with Crippen molar-refractivity contribution in [1.29, 1.82) is 0 Å². The molecule has 9 heteroatoms. The van der Waals surface area contributed by atoms with Crippen LogP contribution < -0.4 is 16.6 Å². The van der Waals surface area contributed by atoms with Crippen molar-refractivity contribution in [2.24, 2.45) is 5.73 Å². The third-order valence-corrected chi connectivity index (χ3v) is 3.92. The van der Waals surface area contributed by atoms with Gasteiger partial charge in [0.25, 0.3) is 11.5 Å². The van der Waals surface area contributed by atoms with Crippen LogP contribution in [0, 0.1) is 0 Å². The highest BCUT2D eigenvalue weighted by Gasteiger charge is 2.29. The van der Waals surface area contributed by atoms with Crippen LogP contribution in [0.5, 0.6) is 0 Å². The monoisotopic (exact) mass is 383 g/mol. The quantitative estimate of drug-likeness (QED) is 0.666. The number of aliphatic hydroxyl groups excluding tert-OH is 1. The van der Waals surface area contributed by atoms with Gasteiger partial charge in [-0.25, -0.2) is 0 Å². The summed E-state index contributed by atoms with van der Waals surface area (Å²) >= 11 is 0. The SMILES string of the molecule is NC[C@@H](O)[C@H](Cc1ccccc1)NC(=O)c1ccc(=O)n(CC(F)(F)F)c1. The Balaban J connectivity index is 2.19. The molecular formula is C18H20F3N3O3. The van der Waals surface area contributed by atoms with Gasteiger partial charge < -0.3 is 20.7 Å². The second-order valence-electron chi connectivity index (χ2n) is 6.07. The van der Waals surface area contributed by atoms with E-state index in [1.54, 1.807) is 12.1 Å². The molecule has 0 aliphatic rings. The van der Waals surface area contributed by atoms with E-state index in [0.717, 1.165) is 23.9 Å². The van der Waals surface area contributed by atoms with Crippen molar-refractivity contribution >= 4 is 5.91 Å². The van der Waals surface area contributed by atoms with Crippen LogP contribution in [-0.2, 0) is 13.0 Å². The van der Waals surface area contributed by atoms with Gasteiger partial charge in [-0.1, -0.05) is 30.3 Å². The van der Waals surface area contributed by atoms with Crippen molar-refractivity contribution in [2.45, 2.75) is 31.3 Å². The van der Waals surface area contributed by atoms with E-state index >= 15 is 0 Å². The number of hydrogen-bond donors (Lipinski definition) is 3. The predicted molar refractivity (Wildman–Crippen MR) is 93.2 cm³/mol. The third kappa shape index (κ3) is 6.22. The number of hydrogen-bond acceptors (Lipinski definition) is 4. The number of pyridine rings is 1. The zero-order valence-electron chi connectivity index (χ0n) is 14.3. The molecule has 0 saturated heterocycles. The summed E-state index contributed by atoms with van der Waals surface area (Å²) in [5.41, 5.74) is 5.33. The molecule has 2 rings (SSSR count). The molecule has 0 aliphatic carbocycles. The highest BCUT2D eigenvalue weighted by atomic mass is 19.4. The van der Waals surface area contributed by atoms with Crippen molar-refractivity contribution in [1.82, 2.24) is 9.88 Å². The topological polar surface area (TPSA) is 97.3 Å². The van der Waals surface area contributed by atoms with E-state index in [9.17, 15) is 27.9 Å². The lowest BCUT2D eigenvalue weighted by atomic mass is 10.0. The Morgan fingerprint density at radius 2 is 1.85 bits per heavy atom. The summed E-state index contributed by atoms with van der Waals surface area (Å²) in [6.07, 6.45) is -4.51. The Morgan fingerprint density at radius 3 is 2.44 bits per heavy atom. The van der Waals surface area contributed by atoms with Gasteiger partial charge in [0.05, 0.1) is 17.7 Å². The number of benzene rings is 1. The summed E-state index contributed by atoms with van der Waals surface area (Å²) in [4.78, 5) is 24.0. The van der Waals surface area contributed by atoms with Crippen LogP contribution in [0.4, 0.5) is 13.2 Å². The van der Waals surface area contributed by atoms with E-state index in [-0.39, 0.29) is 18.5 Å². The summed E-state index contributed by atoms with van der Waals surface area (Å²) in [6.45, 7) is -1.60. The number of nitrogens with two attached hydrogens (primary N) is 1. The molecule has 6 nitrogen and oxygen atoms in total. The number of rotatable bonds is 7. The first-order chi connectivity index (χ1) is 12.7. The molecule has 27 heavy (non-hydrogen) atoms. The largest absolute Gasteiger partial charge is 0.406 e. The van der Waals surface area contributed by atoms with E-state index in [2.05, 4.69) is 5.32 Å². The fraction of sp³-hybridized carbons (Fsp3) is 0.333. The first-order valence-corrected chi connectivity index (χ1v) is 8.20. The Hall–Kier alpha value is -2.65. The lowest BCUT2D eigenvalue weighted by Gasteiger charge is -2.23. The van der Waals surface area contributed by atoms with Gasteiger partial charge in [-0.15, -0.1) is 0 Å². The zero-order valence-corrected chi connectivity index (χ0v) is 14.3. The Kier molecular flexibility index (Phi) is 6.75. The standard InChI is InChI=1S/C18H20F3N3O3/c19-18(20,21)11-24-10-13(6-7-16(24)26)17(27)23-14(15(25)9-22)8-12-4-2-1-3-5-12/h1-7,10,14-15,25H,8-9,11,22H2,(H,23,27)/t14-,15+/m0/s1. The summed E-state index contributed by atoms with van der Waals surface area (Å²) in [5, 5.41) is 12.7. The normalized spacial score (nSPS) is 13.8. The summed E-state index contributed by atoms with van der Waals surface area (Å²) < 4.78 is 38.1. The van der Waals surface area contributed by atoms with E-state index < -0.39 is 36.3 Å². The summed E-state index contributed by atoms with van der Waals surface area (Å²) in [7, 11) is 0. The maximum absolute atomic E-state index is 12.6. The fourth-order valence-electron chi connectivity index (χ4n) is 2.55. The summed E-state index contributed by atoms with van der Waals surface area (Å²) in [5.74, 6) is -0.709. The Bertz CT molecular complexity index is 822. The predicted octanol–water partition coefficient (Wildman–Crippen LogP) is 1.07. The maximum atomic E-state index is 12.6. The number of nitrogens with one attached hydrogen (secondary N) is 1. The number of amides is 1. The fourth-order valence-corrected chi connectivity index (χ4v) is 2.55. The second-order valence-corrected chi connectivity index (χ2v) is 6.07. The van der Waals surface area contributed by atoms with Gasteiger partial charge >= 0.3 is 6.18 Å². The summed E-state index contributed by atoms with van der Waals surface area (Å²) in [6, 6.07) is 10.3. The van der Waals surface area contributed by atoms with Gasteiger partial charge in [0, 0.05) is 18.8 Å². The zero-order chi connectivity index (χ0) is 20.0. The van der Waals surface area contributed by atoms with E-state index in [1.165, 1.54) is 0 Å². The molecule has 1 aromatic carbocycles. The first kappa shape index (κ1) is 20.7. The minimum Gasteiger partial charge on any atom is -0.390 e. The molecule has 0 spiro atoms. The Morgan fingerprint density at radius 1 is 1.19 bits per heavy atom. The van der Waals surface area contributed by atoms with E-state index in [1.807, 2.05) is 18.2 Å². The number of carbonyl (C=O) groups is 1. The van der Waals surface area contributed by atoms with Crippen molar-refractivity contribution in [3.05, 3.63) is 70.1 Å². The second kappa shape index (κ2) is 8.83. The number of aliphatic hydroxyl groups is 1. The minimum atomic E-state index is -4.59. The molecule has 1 heterocycles. The third-order valence-electron chi connectivity index (χ3n) is 3.92. The number of nitrogens with zero attached hydrogens (tertiary/aromatic N) is 1. The molecule has 0 unspecified atom stereocenters. The van der Waals surface area contributed by atoms with Gasteiger partial charge in [-0.05, 0) is 18.1 Å². The molecule has 2 atom stereocenters. The van der Waals surface area contributed by atoms with Gasteiger partial charge in [0.1, 0.15) is 6.54 Å². The maximum Gasteiger partial charge on any atom is 0.406 e.